The summed E-state index contributed by atoms with van der Waals surface area (Å²) < 4.78 is 5.18. The van der Waals surface area contributed by atoms with Crippen molar-refractivity contribution in [3.8, 4) is 0 Å². The number of benzene rings is 1. The third-order valence-corrected chi connectivity index (χ3v) is 2.71. The van der Waals surface area contributed by atoms with E-state index in [0.717, 1.165) is 16.7 Å². The molecular formula is C13H16ClN3O. The molecule has 0 spiro atoms. The van der Waals surface area contributed by atoms with Gasteiger partial charge < -0.3 is 10.1 Å². The molecule has 0 saturated heterocycles. The second kappa shape index (κ2) is 5.08. The van der Waals surface area contributed by atoms with Crippen LogP contribution in [0.25, 0.3) is 10.9 Å². The van der Waals surface area contributed by atoms with E-state index >= 15 is 0 Å². The van der Waals surface area contributed by atoms with Gasteiger partial charge in [-0.2, -0.15) is 0 Å². The average molecular weight is 266 g/mol. The van der Waals surface area contributed by atoms with Crippen LogP contribution in [0.5, 0.6) is 0 Å². The van der Waals surface area contributed by atoms with Crippen LogP contribution < -0.4 is 5.32 Å². The molecule has 96 valence electrons. The van der Waals surface area contributed by atoms with Crippen LogP contribution in [0.4, 0.5) is 5.82 Å². The van der Waals surface area contributed by atoms with E-state index in [0.29, 0.717) is 6.61 Å². The molecule has 0 aliphatic carbocycles. The van der Waals surface area contributed by atoms with Crippen molar-refractivity contribution in [1.82, 2.24) is 9.97 Å². The maximum absolute atomic E-state index is 5.94. The molecule has 0 atom stereocenters. The molecule has 0 aliphatic rings. The lowest BCUT2D eigenvalue weighted by Gasteiger charge is -2.26. The number of fused-ring (bicyclic) bond motifs is 1. The molecule has 0 bridgehead atoms. The average Bonchev–Trinajstić information content (AvgIpc) is 2.28. The second-order valence-electron chi connectivity index (χ2n) is 4.80. The smallest absolute Gasteiger partial charge is 0.224 e. The number of anilines is 1. The molecular weight excluding hydrogens is 250 g/mol. The zero-order valence-electron chi connectivity index (χ0n) is 10.7. The van der Waals surface area contributed by atoms with Gasteiger partial charge in [-0.25, -0.2) is 9.97 Å². The summed E-state index contributed by atoms with van der Waals surface area (Å²) in [5.74, 6) is 0.729. The number of hydrogen-bond donors (Lipinski definition) is 1. The highest BCUT2D eigenvalue weighted by Crippen LogP contribution is 2.24. The molecule has 1 aromatic heterocycles. The SMILES string of the molecule is COCC(C)(C)Nc1nc(Cl)nc2ccccc12. The van der Waals surface area contributed by atoms with Crippen molar-refractivity contribution in [1.29, 1.82) is 0 Å². The molecule has 1 heterocycles. The van der Waals surface area contributed by atoms with Gasteiger partial charge in [-0.3, -0.25) is 0 Å². The number of para-hydroxylation sites is 1. The number of hydrogen-bond acceptors (Lipinski definition) is 4. The van der Waals surface area contributed by atoms with Gasteiger partial charge in [-0.15, -0.1) is 0 Å². The predicted octanol–water partition coefficient (Wildman–Crippen LogP) is 3.12. The Balaban J connectivity index is 2.44. The molecule has 0 amide bonds. The summed E-state index contributed by atoms with van der Waals surface area (Å²) in [5.41, 5.74) is 0.600. The first-order valence-corrected chi connectivity index (χ1v) is 6.09. The second-order valence-corrected chi connectivity index (χ2v) is 5.14. The van der Waals surface area contributed by atoms with Crippen LogP contribution in [0, 0.1) is 0 Å². The Hall–Kier alpha value is -1.39. The highest BCUT2D eigenvalue weighted by Gasteiger charge is 2.19. The molecule has 2 aromatic rings. The highest BCUT2D eigenvalue weighted by molar-refractivity contribution is 6.28. The van der Waals surface area contributed by atoms with E-state index < -0.39 is 0 Å². The van der Waals surface area contributed by atoms with Gasteiger partial charge in [0, 0.05) is 12.5 Å². The molecule has 0 radical (unpaired) electrons. The summed E-state index contributed by atoms with van der Waals surface area (Å²) in [4.78, 5) is 8.45. The highest BCUT2D eigenvalue weighted by atomic mass is 35.5. The predicted molar refractivity (Wildman–Crippen MR) is 74.1 cm³/mol. The van der Waals surface area contributed by atoms with Gasteiger partial charge in [0.05, 0.1) is 17.7 Å². The van der Waals surface area contributed by atoms with Crippen molar-refractivity contribution in [2.45, 2.75) is 19.4 Å². The fourth-order valence-electron chi connectivity index (χ4n) is 1.86. The number of methoxy groups -OCH3 is 1. The van der Waals surface area contributed by atoms with Gasteiger partial charge >= 0.3 is 0 Å². The Kier molecular flexibility index (Phi) is 3.68. The van der Waals surface area contributed by atoms with Gasteiger partial charge in [-0.05, 0) is 37.6 Å². The quantitative estimate of drug-likeness (QED) is 0.863. The number of rotatable bonds is 4. The van der Waals surface area contributed by atoms with Crippen molar-refractivity contribution in [3.63, 3.8) is 0 Å². The Morgan fingerprint density at radius 1 is 1.28 bits per heavy atom. The zero-order valence-corrected chi connectivity index (χ0v) is 11.5. The standard InChI is InChI=1S/C13H16ClN3O/c1-13(2,8-18-3)17-11-9-6-4-5-7-10(9)15-12(14)16-11/h4-7H,8H2,1-3H3,(H,15,16,17). The maximum atomic E-state index is 5.94. The van der Waals surface area contributed by atoms with E-state index in [2.05, 4.69) is 15.3 Å². The van der Waals surface area contributed by atoms with Gasteiger partial charge in [0.1, 0.15) is 5.82 Å². The Labute approximate surface area is 111 Å². The largest absolute Gasteiger partial charge is 0.382 e. The first-order valence-electron chi connectivity index (χ1n) is 5.71. The monoisotopic (exact) mass is 265 g/mol. The minimum Gasteiger partial charge on any atom is -0.382 e. The molecule has 0 fully saturated rings. The van der Waals surface area contributed by atoms with Crippen molar-refractivity contribution < 1.29 is 4.74 Å². The number of ether oxygens (including phenoxy) is 1. The fourth-order valence-corrected chi connectivity index (χ4v) is 2.04. The van der Waals surface area contributed by atoms with Gasteiger partial charge in [0.25, 0.3) is 0 Å². The Morgan fingerprint density at radius 3 is 2.72 bits per heavy atom. The van der Waals surface area contributed by atoms with Crippen molar-refractivity contribution in [3.05, 3.63) is 29.5 Å². The van der Waals surface area contributed by atoms with Gasteiger partial charge in [0.15, 0.2) is 0 Å². The summed E-state index contributed by atoms with van der Waals surface area (Å²) >= 11 is 5.94. The topological polar surface area (TPSA) is 47.0 Å². The summed E-state index contributed by atoms with van der Waals surface area (Å²) in [6.45, 7) is 4.66. The van der Waals surface area contributed by atoms with Crippen molar-refractivity contribution >= 4 is 28.3 Å². The number of halogens is 1. The van der Waals surface area contributed by atoms with Gasteiger partial charge in [0.2, 0.25) is 5.28 Å². The van der Waals surface area contributed by atoms with Crippen LogP contribution in [-0.2, 0) is 4.74 Å². The fraction of sp³-hybridized carbons (Fsp3) is 0.385. The summed E-state index contributed by atoms with van der Waals surface area (Å²) in [6, 6.07) is 7.76. The molecule has 1 N–H and O–H groups in total. The van der Waals surface area contributed by atoms with E-state index in [-0.39, 0.29) is 10.8 Å². The maximum Gasteiger partial charge on any atom is 0.224 e. The molecule has 2 rings (SSSR count). The van der Waals surface area contributed by atoms with E-state index in [4.69, 9.17) is 16.3 Å². The van der Waals surface area contributed by atoms with E-state index in [1.165, 1.54) is 0 Å². The summed E-state index contributed by atoms with van der Waals surface area (Å²) in [5, 5.41) is 4.53. The van der Waals surface area contributed by atoms with E-state index in [1.54, 1.807) is 7.11 Å². The molecule has 18 heavy (non-hydrogen) atoms. The number of nitrogens with one attached hydrogen (secondary N) is 1. The Morgan fingerprint density at radius 2 is 2.00 bits per heavy atom. The van der Waals surface area contributed by atoms with Crippen LogP contribution in [0.3, 0.4) is 0 Å². The van der Waals surface area contributed by atoms with Crippen LogP contribution >= 0.6 is 11.6 Å². The van der Waals surface area contributed by atoms with Crippen molar-refractivity contribution in [2.24, 2.45) is 0 Å². The normalized spacial score (nSPS) is 11.8. The van der Waals surface area contributed by atoms with E-state index in [1.807, 2.05) is 38.1 Å². The molecule has 1 aromatic carbocycles. The first-order chi connectivity index (χ1) is 8.52. The van der Waals surface area contributed by atoms with Crippen molar-refractivity contribution in [2.75, 3.05) is 19.0 Å². The number of aromatic nitrogens is 2. The Bertz CT molecular complexity index is 557. The molecule has 0 saturated carbocycles. The molecule has 0 unspecified atom stereocenters. The lowest BCUT2D eigenvalue weighted by molar-refractivity contribution is 0.158. The van der Waals surface area contributed by atoms with E-state index in [9.17, 15) is 0 Å². The lowest BCUT2D eigenvalue weighted by Crippen LogP contribution is -2.36. The molecule has 0 aliphatic heterocycles. The van der Waals surface area contributed by atoms with Crippen LogP contribution in [-0.4, -0.2) is 29.2 Å². The molecule has 5 heteroatoms. The van der Waals surface area contributed by atoms with Crippen LogP contribution in [0.15, 0.2) is 24.3 Å². The molecule has 4 nitrogen and oxygen atoms in total. The summed E-state index contributed by atoms with van der Waals surface area (Å²) in [7, 11) is 1.68. The third-order valence-electron chi connectivity index (χ3n) is 2.54. The minimum absolute atomic E-state index is 0.227. The minimum atomic E-state index is -0.227. The van der Waals surface area contributed by atoms with Crippen LogP contribution in [0.1, 0.15) is 13.8 Å². The van der Waals surface area contributed by atoms with Gasteiger partial charge in [-0.1, -0.05) is 12.1 Å². The van der Waals surface area contributed by atoms with Crippen LogP contribution in [0.2, 0.25) is 5.28 Å². The first kappa shape index (κ1) is 13.1. The number of nitrogens with zero attached hydrogens (tertiary/aromatic N) is 2. The zero-order chi connectivity index (χ0) is 13.2. The third kappa shape index (κ3) is 2.89. The lowest BCUT2D eigenvalue weighted by atomic mass is 10.1. The summed E-state index contributed by atoms with van der Waals surface area (Å²) in [6.07, 6.45) is 0.